The van der Waals surface area contributed by atoms with Gasteiger partial charge in [0.2, 0.25) is 0 Å². The molecule has 10 heteroatoms. The Morgan fingerprint density at radius 2 is 2.00 bits per heavy atom. The molecule has 0 radical (unpaired) electrons. The summed E-state index contributed by atoms with van der Waals surface area (Å²) < 4.78 is 25.2. The highest BCUT2D eigenvalue weighted by atomic mass is 35.5. The van der Waals surface area contributed by atoms with Crippen molar-refractivity contribution in [2.24, 2.45) is 0 Å². The molecule has 0 bridgehead atoms. The number of fused-ring (bicyclic) bond motifs is 1. The molecule has 1 aliphatic heterocycles. The molecule has 4 aromatic rings. The van der Waals surface area contributed by atoms with Gasteiger partial charge in [-0.05, 0) is 36.4 Å². The third-order valence-corrected chi connectivity index (χ3v) is 5.82. The first-order valence-corrected chi connectivity index (χ1v) is 11.2. The number of aromatic nitrogens is 2. The monoisotopic (exact) mass is 494 g/mol. The molecule has 0 aliphatic carbocycles. The van der Waals surface area contributed by atoms with Crippen molar-refractivity contribution >= 4 is 51.5 Å². The molecule has 0 spiro atoms. The van der Waals surface area contributed by atoms with Crippen LogP contribution in [0.3, 0.4) is 0 Å². The fourth-order valence-electron chi connectivity index (χ4n) is 3.87. The van der Waals surface area contributed by atoms with Crippen LogP contribution in [0.25, 0.3) is 10.9 Å². The molecule has 35 heavy (non-hydrogen) atoms. The molecule has 178 valence electrons. The van der Waals surface area contributed by atoms with Crippen LogP contribution in [0.15, 0.2) is 67.0 Å². The lowest BCUT2D eigenvalue weighted by atomic mass is 10.1. The van der Waals surface area contributed by atoms with Gasteiger partial charge in [-0.1, -0.05) is 29.8 Å². The average Bonchev–Trinajstić information content (AvgIpc) is 3.36. The molecule has 0 saturated carbocycles. The van der Waals surface area contributed by atoms with E-state index in [0.717, 1.165) is 4.90 Å². The first kappa shape index (κ1) is 22.8. The van der Waals surface area contributed by atoms with E-state index in [1.807, 2.05) is 0 Å². The van der Waals surface area contributed by atoms with Crippen molar-refractivity contribution in [3.05, 3.63) is 77.8 Å². The second-order valence-corrected chi connectivity index (χ2v) is 8.28. The fourth-order valence-corrected chi connectivity index (χ4v) is 4.05. The normalized spacial score (nSPS) is 15.2. The van der Waals surface area contributed by atoms with Crippen LogP contribution in [0.1, 0.15) is 6.42 Å². The van der Waals surface area contributed by atoms with E-state index in [-0.39, 0.29) is 11.1 Å². The summed E-state index contributed by atoms with van der Waals surface area (Å²) in [5.74, 6) is 0.214. The van der Waals surface area contributed by atoms with E-state index in [1.54, 1.807) is 42.5 Å². The largest absolute Gasteiger partial charge is 0.486 e. The van der Waals surface area contributed by atoms with E-state index in [9.17, 15) is 14.3 Å². The Kier molecular flexibility index (Phi) is 6.35. The van der Waals surface area contributed by atoms with E-state index in [0.29, 0.717) is 59.2 Å². The highest BCUT2D eigenvalue weighted by molar-refractivity contribution is 6.31. The summed E-state index contributed by atoms with van der Waals surface area (Å²) in [7, 11) is 0. The molecule has 8 nitrogen and oxygen atoms in total. The number of carboxylic acid groups (broad SMARTS) is 1. The lowest BCUT2D eigenvalue weighted by Crippen LogP contribution is -2.25. The molecular formula is C25H20ClFN4O4. The van der Waals surface area contributed by atoms with Crippen LogP contribution in [0.2, 0.25) is 5.02 Å². The summed E-state index contributed by atoms with van der Waals surface area (Å²) in [6, 6.07) is 16.3. The number of benzene rings is 3. The van der Waals surface area contributed by atoms with Crippen molar-refractivity contribution in [1.29, 1.82) is 0 Å². The molecule has 1 aliphatic rings. The Morgan fingerprint density at radius 1 is 1.17 bits per heavy atom. The molecule has 1 amide bonds. The molecule has 1 saturated heterocycles. The van der Waals surface area contributed by atoms with Crippen LogP contribution in [0, 0.1) is 5.82 Å². The van der Waals surface area contributed by atoms with E-state index < -0.39 is 11.9 Å². The third kappa shape index (κ3) is 4.82. The summed E-state index contributed by atoms with van der Waals surface area (Å²) in [4.78, 5) is 22.2. The number of hydrogen-bond acceptors (Lipinski definition) is 6. The summed E-state index contributed by atoms with van der Waals surface area (Å²) >= 11 is 5.92. The zero-order valence-electron chi connectivity index (χ0n) is 18.3. The SMILES string of the molecule is O=C(O)N(c1ccccc1)c1cc2c(Nc3ccc(F)c(Cl)c3)ncnc2cc1O[C@H]1CCOC1. The number of ether oxygens (including phenoxy) is 2. The van der Waals surface area contributed by atoms with E-state index in [1.165, 1.54) is 24.5 Å². The van der Waals surface area contributed by atoms with Crippen LogP contribution in [-0.4, -0.2) is 40.5 Å². The Labute approximate surface area is 204 Å². The first-order chi connectivity index (χ1) is 17.0. The van der Waals surface area contributed by atoms with E-state index >= 15 is 0 Å². The Hall–Kier alpha value is -3.95. The molecule has 1 fully saturated rings. The van der Waals surface area contributed by atoms with Crippen molar-refractivity contribution in [3.63, 3.8) is 0 Å². The van der Waals surface area contributed by atoms with Crippen molar-refractivity contribution in [3.8, 4) is 5.75 Å². The zero-order chi connectivity index (χ0) is 24.4. The van der Waals surface area contributed by atoms with Crippen LogP contribution in [-0.2, 0) is 4.74 Å². The molecule has 0 unspecified atom stereocenters. The van der Waals surface area contributed by atoms with Crippen LogP contribution >= 0.6 is 11.6 Å². The predicted octanol–water partition coefficient (Wildman–Crippen LogP) is 6.15. The van der Waals surface area contributed by atoms with E-state index in [2.05, 4.69) is 15.3 Å². The summed E-state index contributed by atoms with van der Waals surface area (Å²) in [6.45, 7) is 0.989. The number of halogens is 2. The van der Waals surface area contributed by atoms with Gasteiger partial charge in [0.1, 0.15) is 29.8 Å². The van der Waals surface area contributed by atoms with Gasteiger partial charge < -0.3 is 19.9 Å². The van der Waals surface area contributed by atoms with Gasteiger partial charge in [0.15, 0.2) is 0 Å². The van der Waals surface area contributed by atoms with Crippen molar-refractivity contribution in [2.45, 2.75) is 12.5 Å². The number of nitrogens with zero attached hydrogens (tertiary/aromatic N) is 3. The molecule has 1 atom stereocenters. The number of carbonyl (C=O) groups is 1. The lowest BCUT2D eigenvalue weighted by Gasteiger charge is -2.24. The minimum Gasteiger partial charge on any atom is -0.486 e. The summed E-state index contributed by atoms with van der Waals surface area (Å²) in [5, 5.41) is 13.8. The molecule has 3 aromatic carbocycles. The van der Waals surface area contributed by atoms with Crippen LogP contribution in [0.5, 0.6) is 5.75 Å². The number of hydrogen-bond donors (Lipinski definition) is 2. The molecule has 1 aromatic heterocycles. The lowest BCUT2D eigenvalue weighted by molar-refractivity contribution is 0.141. The van der Waals surface area contributed by atoms with Crippen LogP contribution in [0.4, 0.5) is 32.1 Å². The number of nitrogens with one attached hydrogen (secondary N) is 1. The Morgan fingerprint density at radius 3 is 2.71 bits per heavy atom. The smallest absolute Gasteiger partial charge is 0.416 e. The highest BCUT2D eigenvalue weighted by Crippen LogP contribution is 2.40. The Bertz CT molecular complexity index is 1380. The van der Waals surface area contributed by atoms with Gasteiger partial charge in [0.25, 0.3) is 0 Å². The van der Waals surface area contributed by atoms with Crippen molar-refractivity contribution < 1.29 is 23.8 Å². The molecule has 5 rings (SSSR count). The van der Waals surface area contributed by atoms with Gasteiger partial charge in [-0.2, -0.15) is 0 Å². The van der Waals surface area contributed by atoms with E-state index in [4.69, 9.17) is 21.1 Å². The van der Waals surface area contributed by atoms with Crippen LogP contribution < -0.4 is 15.0 Å². The minimum atomic E-state index is -1.18. The fraction of sp³-hybridized carbons (Fsp3) is 0.160. The maximum absolute atomic E-state index is 13.6. The topological polar surface area (TPSA) is 96.8 Å². The Balaban J connectivity index is 1.65. The van der Waals surface area contributed by atoms with Gasteiger partial charge in [0, 0.05) is 23.6 Å². The summed E-state index contributed by atoms with van der Waals surface area (Å²) in [5.41, 5.74) is 1.80. The highest BCUT2D eigenvalue weighted by Gasteiger charge is 2.26. The standard InChI is InChI=1S/C25H20ClFN4O4/c26-19-10-15(6-7-20(19)27)30-24-18-11-22(31(25(32)33)16-4-2-1-3-5-16)23(12-21(18)28-14-29-24)35-17-8-9-34-13-17/h1-7,10-12,14,17H,8-9,13H2,(H,32,33)(H,28,29,30)/t17-/m0/s1. The quantitative estimate of drug-likeness (QED) is 0.332. The summed E-state index contributed by atoms with van der Waals surface area (Å²) in [6.07, 6.45) is 0.681. The van der Waals surface area contributed by atoms with Gasteiger partial charge in [0.05, 0.1) is 35.1 Å². The molecule has 2 heterocycles. The molecule has 2 N–H and O–H groups in total. The van der Waals surface area contributed by atoms with Gasteiger partial charge in [-0.15, -0.1) is 0 Å². The van der Waals surface area contributed by atoms with Gasteiger partial charge in [-0.3, -0.25) is 0 Å². The molecular weight excluding hydrogens is 475 g/mol. The average molecular weight is 495 g/mol. The second-order valence-electron chi connectivity index (χ2n) is 7.87. The number of amides is 1. The van der Waals surface area contributed by atoms with Gasteiger partial charge >= 0.3 is 6.09 Å². The maximum atomic E-state index is 13.6. The minimum absolute atomic E-state index is 0.0374. The van der Waals surface area contributed by atoms with Crippen molar-refractivity contribution in [1.82, 2.24) is 9.97 Å². The zero-order valence-corrected chi connectivity index (χ0v) is 19.1. The third-order valence-electron chi connectivity index (χ3n) is 5.53. The number of para-hydroxylation sites is 1. The first-order valence-electron chi connectivity index (χ1n) is 10.8. The van der Waals surface area contributed by atoms with Crippen molar-refractivity contribution in [2.75, 3.05) is 23.4 Å². The second kappa shape index (κ2) is 9.73. The predicted molar refractivity (Wildman–Crippen MR) is 131 cm³/mol. The van der Waals surface area contributed by atoms with Gasteiger partial charge in [-0.25, -0.2) is 24.1 Å². The maximum Gasteiger partial charge on any atom is 0.416 e. The number of rotatable bonds is 6. The number of anilines is 4.